The van der Waals surface area contributed by atoms with Crippen molar-refractivity contribution in [3.8, 4) is 11.5 Å². The largest absolute Gasteiger partial charge is 0.508 e. The van der Waals surface area contributed by atoms with E-state index in [1.54, 1.807) is 12.1 Å². The number of halogens is 1. The summed E-state index contributed by atoms with van der Waals surface area (Å²) < 4.78 is 0. The maximum atomic E-state index is 9.28. The topological polar surface area (TPSA) is 92.5 Å². The number of hydrogen-bond donors (Lipinski definition) is 4. The summed E-state index contributed by atoms with van der Waals surface area (Å²) in [6.07, 6.45) is 2.70. The number of aromatic hydroxyl groups is 2. The van der Waals surface area contributed by atoms with E-state index in [9.17, 15) is 10.2 Å². The summed E-state index contributed by atoms with van der Waals surface area (Å²) in [7, 11) is 0. The SMILES string of the molecule is Cl.NCCCC[C@@H](N)c1cc(O)cc(O)c1. The molecule has 0 spiro atoms. The highest BCUT2D eigenvalue weighted by molar-refractivity contribution is 5.85. The smallest absolute Gasteiger partial charge is 0.119 e. The molecule has 4 nitrogen and oxygen atoms in total. The minimum Gasteiger partial charge on any atom is -0.508 e. The normalized spacial score (nSPS) is 11.9. The summed E-state index contributed by atoms with van der Waals surface area (Å²) >= 11 is 0. The Hall–Kier alpha value is -0.970. The Balaban J connectivity index is 0.00000225. The first-order valence-corrected chi connectivity index (χ1v) is 5.12. The van der Waals surface area contributed by atoms with E-state index in [2.05, 4.69) is 0 Å². The lowest BCUT2D eigenvalue weighted by Gasteiger charge is -2.12. The fourth-order valence-corrected chi connectivity index (χ4v) is 1.51. The summed E-state index contributed by atoms with van der Waals surface area (Å²) in [6.45, 7) is 0.665. The zero-order chi connectivity index (χ0) is 11.3. The highest BCUT2D eigenvalue weighted by atomic mass is 35.5. The van der Waals surface area contributed by atoms with Gasteiger partial charge in [0.2, 0.25) is 0 Å². The Bertz CT molecular complexity index is 301. The number of hydrogen-bond acceptors (Lipinski definition) is 4. The Labute approximate surface area is 102 Å². The van der Waals surface area contributed by atoms with Crippen molar-refractivity contribution in [3.63, 3.8) is 0 Å². The van der Waals surface area contributed by atoms with Crippen LogP contribution in [0.25, 0.3) is 0 Å². The fourth-order valence-electron chi connectivity index (χ4n) is 1.51. The van der Waals surface area contributed by atoms with Crippen LogP contribution in [-0.2, 0) is 0 Å². The zero-order valence-electron chi connectivity index (χ0n) is 9.10. The van der Waals surface area contributed by atoms with Crippen LogP contribution in [-0.4, -0.2) is 16.8 Å². The standard InChI is InChI=1S/C11H18N2O2.ClH/c12-4-2-1-3-11(13)8-5-9(14)7-10(15)6-8;/h5-7,11,14-15H,1-4,12-13H2;1H/t11-;/m1./s1. The lowest BCUT2D eigenvalue weighted by molar-refractivity contribution is 0.447. The molecule has 1 atom stereocenters. The summed E-state index contributed by atoms with van der Waals surface area (Å²) in [5, 5.41) is 18.6. The molecule has 1 aromatic carbocycles. The van der Waals surface area contributed by atoms with E-state index in [0.29, 0.717) is 6.54 Å². The summed E-state index contributed by atoms with van der Waals surface area (Å²) in [5.74, 6) is 0.0820. The molecule has 6 N–H and O–H groups in total. The van der Waals surface area contributed by atoms with Crippen molar-refractivity contribution in [3.05, 3.63) is 23.8 Å². The van der Waals surface area contributed by atoms with E-state index in [1.165, 1.54) is 6.07 Å². The molecule has 1 aromatic rings. The van der Waals surface area contributed by atoms with Crippen LogP contribution in [0.4, 0.5) is 0 Å². The quantitative estimate of drug-likeness (QED) is 0.595. The van der Waals surface area contributed by atoms with Crippen LogP contribution in [0.5, 0.6) is 11.5 Å². The number of rotatable bonds is 5. The molecule has 16 heavy (non-hydrogen) atoms. The van der Waals surface area contributed by atoms with Crippen molar-refractivity contribution in [2.75, 3.05) is 6.54 Å². The molecule has 0 saturated carbocycles. The number of phenolic OH excluding ortho intramolecular Hbond substituents is 2. The third-order valence-electron chi connectivity index (χ3n) is 2.32. The number of nitrogens with two attached hydrogens (primary N) is 2. The van der Waals surface area contributed by atoms with Crippen molar-refractivity contribution in [2.45, 2.75) is 25.3 Å². The lowest BCUT2D eigenvalue weighted by atomic mass is 10.0. The number of unbranched alkanes of at least 4 members (excludes halogenated alkanes) is 1. The van der Waals surface area contributed by atoms with Gasteiger partial charge in [-0.15, -0.1) is 12.4 Å². The van der Waals surface area contributed by atoms with Crippen LogP contribution in [0.2, 0.25) is 0 Å². The Morgan fingerprint density at radius 1 is 1.06 bits per heavy atom. The predicted molar refractivity (Wildman–Crippen MR) is 66.9 cm³/mol. The van der Waals surface area contributed by atoms with Crippen LogP contribution in [0.1, 0.15) is 30.9 Å². The Morgan fingerprint density at radius 3 is 2.12 bits per heavy atom. The second-order valence-electron chi connectivity index (χ2n) is 3.67. The predicted octanol–water partition coefficient (Wildman–Crippen LogP) is 1.65. The van der Waals surface area contributed by atoms with Crippen LogP contribution in [0.3, 0.4) is 0 Å². The molecule has 0 radical (unpaired) electrons. The Morgan fingerprint density at radius 2 is 1.62 bits per heavy atom. The molecule has 0 bridgehead atoms. The number of benzene rings is 1. The summed E-state index contributed by atoms with van der Waals surface area (Å²) in [6, 6.07) is 4.28. The van der Waals surface area contributed by atoms with Gasteiger partial charge in [0.15, 0.2) is 0 Å². The molecule has 0 amide bonds. The average molecular weight is 247 g/mol. The molecule has 1 rings (SSSR count). The van der Waals surface area contributed by atoms with Crippen LogP contribution < -0.4 is 11.5 Å². The minimum atomic E-state index is -0.158. The fraction of sp³-hybridized carbons (Fsp3) is 0.455. The monoisotopic (exact) mass is 246 g/mol. The molecular weight excluding hydrogens is 228 g/mol. The summed E-state index contributed by atoms with van der Waals surface area (Å²) in [5.41, 5.74) is 12.0. The highest BCUT2D eigenvalue weighted by Crippen LogP contribution is 2.25. The van der Waals surface area contributed by atoms with Crippen LogP contribution >= 0.6 is 12.4 Å². The first kappa shape index (κ1) is 15.0. The molecule has 0 aliphatic rings. The first-order chi connectivity index (χ1) is 7.13. The van der Waals surface area contributed by atoms with Gasteiger partial charge in [-0.05, 0) is 37.1 Å². The second kappa shape index (κ2) is 7.33. The van der Waals surface area contributed by atoms with E-state index in [1.807, 2.05) is 0 Å². The van der Waals surface area contributed by atoms with Crippen molar-refractivity contribution in [1.29, 1.82) is 0 Å². The molecule has 0 aliphatic carbocycles. The number of phenols is 2. The van der Waals surface area contributed by atoms with Gasteiger partial charge in [-0.3, -0.25) is 0 Å². The second-order valence-corrected chi connectivity index (χ2v) is 3.67. The molecule has 0 unspecified atom stereocenters. The van der Waals surface area contributed by atoms with Crippen molar-refractivity contribution in [1.82, 2.24) is 0 Å². The van der Waals surface area contributed by atoms with E-state index in [0.717, 1.165) is 24.8 Å². The molecule has 92 valence electrons. The maximum absolute atomic E-state index is 9.28. The van der Waals surface area contributed by atoms with Gasteiger partial charge >= 0.3 is 0 Å². The van der Waals surface area contributed by atoms with Crippen LogP contribution in [0.15, 0.2) is 18.2 Å². The van der Waals surface area contributed by atoms with Crippen LogP contribution in [0, 0.1) is 0 Å². The van der Waals surface area contributed by atoms with Crippen molar-refractivity contribution >= 4 is 12.4 Å². The zero-order valence-corrected chi connectivity index (χ0v) is 9.91. The third kappa shape index (κ3) is 4.70. The van der Waals surface area contributed by atoms with Gasteiger partial charge in [0.25, 0.3) is 0 Å². The van der Waals surface area contributed by atoms with E-state index in [-0.39, 0.29) is 29.9 Å². The van der Waals surface area contributed by atoms with Crippen molar-refractivity contribution < 1.29 is 10.2 Å². The average Bonchev–Trinajstić information content (AvgIpc) is 2.16. The van der Waals surface area contributed by atoms with Gasteiger partial charge in [-0.1, -0.05) is 6.42 Å². The van der Waals surface area contributed by atoms with Gasteiger partial charge in [-0.2, -0.15) is 0 Å². The maximum Gasteiger partial charge on any atom is 0.119 e. The molecule has 0 aromatic heterocycles. The lowest BCUT2D eigenvalue weighted by Crippen LogP contribution is -2.10. The van der Waals surface area contributed by atoms with Crippen molar-refractivity contribution in [2.24, 2.45) is 11.5 Å². The Kier molecular flexibility index (Phi) is 6.88. The molecular formula is C11H19ClN2O2. The van der Waals surface area contributed by atoms with Gasteiger partial charge in [-0.25, -0.2) is 0 Å². The third-order valence-corrected chi connectivity index (χ3v) is 2.32. The minimum absolute atomic E-state index is 0. The van der Waals surface area contributed by atoms with E-state index in [4.69, 9.17) is 11.5 Å². The molecule has 0 aliphatic heterocycles. The molecule has 0 saturated heterocycles. The first-order valence-electron chi connectivity index (χ1n) is 5.12. The van der Waals surface area contributed by atoms with Gasteiger partial charge in [0.05, 0.1) is 0 Å². The summed E-state index contributed by atoms with van der Waals surface area (Å²) in [4.78, 5) is 0. The highest BCUT2D eigenvalue weighted by Gasteiger charge is 2.07. The van der Waals surface area contributed by atoms with Gasteiger partial charge in [0, 0.05) is 12.1 Å². The van der Waals surface area contributed by atoms with E-state index < -0.39 is 0 Å². The molecule has 0 heterocycles. The molecule has 5 heteroatoms. The molecule has 0 fully saturated rings. The van der Waals surface area contributed by atoms with Gasteiger partial charge in [0.1, 0.15) is 11.5 Å². The van der Waals surface area contributed by atoms with Gasteiger partial charge < -0.3 is 21.7 Å². The van der Waals surface area contributed by atoms with E-state index >= 15 is 0 Å².